The van der Waals surface area contributed by atoms with E-state index in [1.807, 2.05) is 31.2 Å². The first-order valence-corrected chi connectivity index (χ1v) is 7.02. The van der Waals surface area contributed by atoms with Crippen LogP contribution in [0.5, 0.6) is 0 Å². The molecular formula is C16H19N3O2. The molecule has 110 valence electrons. The minimum Gasteiger partial charge on any atom is -0.333 e. The van der Waals surface area contributed by atoms with Gasteiger partial charge in [-0.05, 0) is 18.6 Å². The summed E-state index contributed by atoms with van der Waals surface area (Å²) in [5, 5.41) is 0. The molecule has 0 aromatic heterocycles. The van der Waals surface area contributed by atoms with E-state index in [-0.39, 0.29) is 0 Å². The standard InChI is InChI=1S/C16H19N3O2/c1-2-18-10-11-19(16(21)15(18)20)12-14-7-4-3-6-13(14)8-5-9-17/h3-4,6-7H,2,9-12,17H2,1H3. The number of benzene rings is 1. The third-order valence-electron chi connectivity index (χ3n) is 3.48. The first kappa shape index (κ1) is 15.1. The van der Waals surface area contributed by atoms with Gasteiger partial charge in [0.15, 0.2) is 0 Å². The van der Waals surface area contributed by atoms with Gasteiger partial charge in [-0.3, -0.25) is 9.59 Å². The zero-order valence-electron chi connectivity index (χ0n) is 12.1. The average Bonchev–Trinajstić information content (AvgIpc) is 2.51. The monoisotopic (exact) mass is 285 g/mol. The molecule has 21 heavy (non-hydrogen) atoms. The number of carbonyl (C=O) groups is 2. The van der Waals surface area contributed by atoms with Crippen molar-refractivity contribution in [1.29, 1.82) is 0 Å². The molecule has 1 heterocycles. The van der Waals surface area contributed by atoms with Gasteiger partial charge in [0.05, 0.1) is 6.54 Å². The van der Waals surface area contributed by atoms with E-state index < -0.39 is 11.8 Å². The van der Waals surface area contributed by atoms with Crippen LogP contribution in [0.4, 0.5) is 0 Å². The topological polar surface area (TPSA) is 66.6 Å². The molecule has 2 amide bonds. The Morgan fingerprint density at radius 1 is 1.14 bits per heavy atom. The van der Waals surface area contributed by atoms with Crippen LogP contribution in [-0.4, -0.2) is 47.8 Å². The highest BCUT2D eigenvalue weighted by Crippen LogP contribution is 2.14. The molecule has 1 aromatic rings. The number of amides is 2. The number of nitrogens with two attached hydrogens (primary N) is 1. The lowest BCUT2D eigenvalue weighted by Crippen LogP contribution is -2.53. The number of likely N-dealkylation sites (N-methyl/N-ethyl adjacent to an activating group) is 1. The summed E-state index contributed by atoms with van der Waals surface area (Å²) in [6.45, 7) is 4.27. The van der Waals surface area contributed by atoms with Gasteiger partial charge in [0.1, 0.15) is 0 Å². The molecule has 0 spiro atoms. The van der Waals surface area contributed by atoms with Gasteiger partial charge in [0.2, 0.25) is 0 Å². The second kappa shape index (κ2) is 6.91. The number of hydrogen-bond acceptors (Lipinski definition) is 3. The van der Waals surface area contributed by atoms with Crippen LogP contribution < -0.4 is 5.73 Å². The van der Waals surface area contributed by atoms with Gasteiger partial charge < -0.3 is 15.5 Å². The first-order chi connectivity index (χ1) is 10.2. The van der Waals surface area contributed by atoms with E-state index in [4.69, 9.17) is 5.73 Å². The van der Waals surface area contributed by atoms with Crippen molar-refractivity contribution in [1.82, 2.24) is 9.80 Å². The van der Waals surface area contributed by atoms with Crippen LogP contribution >= 0.6 is 0 Å². The third kappa shape index (κ3) is 3.41. The number of piperazine rings is 1. The Morgan fingerprint density at radius 2 is 1.81 bits per heavy atom. The van der Waals surface area contributed by atoms with Crippen LogP contribution in [-0.2, 0) is 16.1 Å². The molecule has 0 bridgehead atoms. The molecule has 0 saturated carbocycles. The molecule has 1 aliphatic rings. The summed E-state index contributed by atoms with van der Waals surface area (Å²) in [6, 6.07) is 7.61. The van der Waals surface area contributed by atoms with E-state index in [0.717, 1.165) is 11.1 Å². The molecule has 5 nitrogen and oxygen atoms in total. The van der Waals surface area contributed by atoms with Crippen LogP contribution in [0.2, 0.25) is 0 Å². The second-order valence-electron chi connectivity index (χ2n) is 4.77. The maximum absolute atomic E-state index is 12.1. The van der Waals surface area contributed by atoms with Gasteiger partial charge >= 0.3 is 11.8 Å². The molecule has 0 unspecified atom stereocenters. The van der Waals surface area contributed by atoms with E-state index in [9.17, 15) is 9.59 Å². The van der Waals surface area contributed by atoms with E-state index in [1.165, 1.54) is 0 Å². The van der Waals surface area contributed by atoms with Gasteiger partial charge in [0, 0.05) is 31.7 Å². The Hall–Kier alpha value is -2.32. The quantitative estimate of drug-likeness (QED) is 0.637. The zero-order chi connectivity index (χ0) is 15.2. The van der Waals surface area contributed by atoms with Crippen molar-refractivity contribution < 1.29 is 9.59 Å². The van der Waals surface area contributed by atoms with Crippen molar-refractivity contribution in [2.75, 3.05) is 26.2 Å². The third-order valence-corrected chi connectivity index (χ3v) is 3.48. The maximum Gasteiger partial charge on any atom is 0.312 e. The molecule has 0 aliphatic carbocycles. The molecule has 1 fully saturated rings. The maximum atomic E-state index is 12.1. The lowest BCUT2D eigenvalue weighted by Gasteiger charge is -2.33. The molecule has 2 N–H and O–H groups in total. The number of hydrogen-bond donors (Lipinski definition) is 1. The van der Waals surface area contributed by atoms with Crippen molar-refractivity contribution in [3.8, 4) is 11.8 Å². The van der Waals surface area contributed by atoms with E-state index in [0.29, 0.717) is 32.7 Å². The molecular weight excluding hydrogens is 266 g/mol. The first-order valence-electron chi connectivity index (χ1n) is 7.02. The fraction of sp³-hybridized carbons (Fsp3) is 0.375. The molecule has 2 rings (SSSR count). The Balaban J connectivity index is 2.16. The van der Waals surface area contributed by atoms with Gasteiger partial charge in [-0.2, -0.15) is 0 Å². The summed E-state index contributed by atoms with van der Waals surface area (Å²) in [6.07, 6.45) is 0. The summed E-state index contributed by atoms with van der Waals surface area (Å²) in [5.74, 6) is 4.96. The predicted molar refractivity (Wildman–Crippen MR) is 80.0 cm³/mol. The molecule has 5 heteroatoms. The molecule has 1 aromatic carbocycles. The van der Waals surface area contributed by atoms with E-state index in [2.05, 4.69) is 11.8 Å². The van der Waals surface area contributed by atoms with E-state index >= 15 is 0 Å². The summed E-state index contributed by atoms with van der Waals surface area (Å²) < 4.78 is 0. The van der Waals surface area contributed by atoms with Crippen molar-refractivity contribution in [3.05, 3.63) is 35.4 Å². The van der Waals surface area contributed by atoms with Gasteiger partial charge in [-0.15, -0.1) is 0 Å². The average molecular weight is 285 g/mol. The second-order valence-corrected chi connectivity index (χ2v) is 4.77. The van der Waals surface area contributed by atoms with Crippen molar-refractivity contribution in [3.63, 3.8) is 0 Å². The highest BCUT2D eigenvalue weighted by Gasteiger charge is 2.31. The Labute approximate surface area is 124 Å². The van der Waals surface area contributed by atoms with Crippen LogP contribution in [0.1, 0.15) is 18.1 Å². The SMILES string of the molecule is CCN1CCN(Cc2ccccc2C#CCN)C(=O)C1=O. The lowest BCUT2D eigenvalue weighted by atomic mass is 10.1. The molecule has 0 atom stereocenters. The predicted octanol–water partition coefficient (Wildman–Crippen LogP) is 0.188. The van der Waals surface area contributed by atoms with Crippen molar-refractivity contribution in [2.24, 2.45) is 5.73 Å². The molecule has 1 saturated heterocycles. The largest absolute Gasteiger partial charge is 0.333 e. The van der Waals surface area contributed by atoms with Gasteiger partial charge in [-0.25, -0.2) is 0 Å². The Morgan fingerprint density at radius 3 is 2.52 bits per heavy atom. The summed E-state index contributed by atoms with van der Waals surface area (Å²) in [4.78, 5) is 27.2. The van der Waals surface area contributed by atoms with Crippen LogP contribution in [0.15, 0.2) is 24.3 Å². The highest BCUT2D eigenvalue weighted by molar-refractivity contribution is 6.35. The van der Waals surface area contributed by atoms with Gasteiger partial charge in [0.25, 0.3) is 0 Å². The van der Waals surface area contributed by atoms with Gasteiger partial charge in [-0.1, -0.05) is 30.0 Å². The van der Waals surface area contributed by atoms with Crippen molar-refractivity contribution >= 4 is 11.8 Å². The molecule has 1 aliphatic heterocycles. The number of rotatable bonds is 3. The molecule has 0 radical (unpaired) electrons. The van der Waals surface area contributed by atoms with Crippen LogP contribution in [0.25, 0.3) is 0 Å². The zero-order valence-corrected chi connectivity index (χ0v) is 12.1. The normalized spacial score (nSPS) is 15.0. The minimum absolute atomic E-state index is 0.293. The van der Waals surface area contributed by atoms with Crippen LogP contribution in [0, 0.1) is 11.8 Å². The number of carbonyl (C=O) groups excluding carboxylic acids is 2. The summed E-state index contributed by atoms with van der Waals surface area (Å²) >= 11 is 0. The Bertz CT molecular complexity index is 601. The minimum atomic E-state index is -0.440. The van der Waals surface area contributed by atoms with Crippen LogP contribution in [0.3, 0.4) is 0 Å². The fourth-order valence-electron chi connectivity index (χ4n) is 2.30. The Kier molecular flexibility index (Phi) is 4.96. The summed E-state index contributed by atoms with van der Waals surface area (Å²) in [7, 11) is 0. The highest BCUT2D eigenvalue weighted by atomic mass is 16.2. The fourth-order valence-corrected chi connectivity index (χ4v) is 2.30. The smallest absolute Gasteiger partial charge is 0.312 e. The summed E-state index contributed by atoms with van der Waals surface area (Å²) in [5.41, 5.74) is 7.18. The lowest BCUT2D eigenvalue weighted by molar-refractivity contribution is -0.156. The van der Waals surface area contributed by atoms with E-state index in [1.54, 1.807) is 9.80 Å². The number of nitrogens with zero attached hydrogens (tertiary/aromatic N) is 2. The van der Waals surface area contributed by atoms with Crippen molar-refractivity contribution in [2.45, 2.75) is 13.5 Å².